The third-order valence-corrected chi connectivity index (χ3v) is 4.95. The molecular weight excluding hydrogens is 397 g/mol. The number of benzene rings is 3. The number of ether oxygens (including phenoxy) is 2. The highest BCUT2D eigenvalue weighted by molar-refractivity contribution is 6.32. The van der Waals surface area contributed by atoms with Crippen molar-refractivity contribution < 1.29 is 14.3 Å². The molecule has 6 heteroatoms. The lowest BCUT2D eigenvalue weighted by Crippen LogP contribution is -2.21. The van der Waals surface area contributed by atoms with Gasteiger partial charge in [-0.25, -0.2) is 4.79 Å². The minimum absolute atomic E-state index is 0.398. The van der Waals surface area contributed by atoms with Crippen molar-refractivity contribution in [2.45, 2.75) is 0 Å². The number of hydrogen-bond acceptors (Lipinski definition) is 3. The maximum absolute atomic E-state index is 11.6. The van der Waals surface area contributed by atoms with Crippen LogP contribution in [0, 0.1) is 0 Å². The third kappa shape index (κ3) is 3.98. The summed E-state index contributed by atoms with van der Waals surface area (Å²) in [5.74, 6) is 0.811. The van der Waals surface area contributed by atoms with Crippen molar-refractivity contribution in [1.29, 1.82) is 0 Å². The second-order valence-electron chi connectivity index (χ2n) is 6.77. The maximum Gasteiger partial charge on any atom is 0.337 e. The van der Waals surface area contributed by atoms with Crippen LogP contribution in [0.5, 0.6) is 11.5 Å². The Morgan fingerprint density at radius 3 is 2.60 bits per heavy atom. The van der Waals surface area contributed by atoms with Crippen molar-refractivity contribution in [3.63, 3.8) is 0 Å². The predicted molar refractivity (Wildman–Crippen MR) is 121 cm³/mol. The zero-order valence-electron chi connectivity index (χ0n) is 16.2. The number of aromatic nitrogens is 1. The smallest absolute Gasteiger partial charge is 0.337 e. The van der Waals surface area contributed by atoms with Crippen LogP contribution in [0.25, 0.3) is 23.6 Å². The van der Waals surface area contributed by atoms with E-state index in [1.54, 1.807) is 30.3 Å². The first kappa shape index (κ1) is 19.9. The van der Waals surface area contributed by atoms with Crippen LogP contribution < -0.4 is 20.8 Å². The number of H-pyrrole nitrogens is 1. The molecular formula is C24H17BClNO3. The summed E-state index contributed by atoms with van der Waals surface area (Å²) in [6.45, 7) is 4.11. The van der Waals surface area contributed by atoms with Crippen LogP contribution in [0.4, 0.5) is 0 Å². The normalized spacial score (nSPS) is 11.6. The Morgan fingerprint density at radius 1 is 1.10 bits per heavy atom. The number of hydrogen-bond donors (Lipinski definition) is 1. The van der Waals surface area contributed by atoms with Gasteiger partial charge < -0.3 is 14.5 Å². The summed E-state index contributed by atoms with van der Waals surface area (Å²) in [7, 11) is 7.37. The molecule has 0 bridgehead atoms. The van der Waals surface area contributed by atoms with Crippen molar-refractivity contribution >= 4 is 54.4 Å². The predicted octanol–water partition coefficient (Wildman–Crippen LogP) is 3.43. The van der Waals surface area contributed by atoms with Crippen molar-refractivity contribution in [3.8, 4) is 11.5 Å². The molecule has 1 aromatic heterocycles. The largest absolute Gasteiger partial charge is 0.465 e. The lowest BCUT2D eigenvalue weighted by molar-refractivity contribution is 0.0600. The highest BCUT2D eigenvalue weighted by Gasteiger charge is 2.08. The number of nitrogens with one attached hydrogen (secondary N) is 1. The van der Waals surface area contributed by atoms with Crippen LogP contribution in [-0.4, -0.2) is 25.9 Å². The summed E-state index contributed by atoms with van der Waals surface area (Å²) in [5, 5.41) is 3.35. The molecule has 2 radical (unpaired) electrons. The zero-order valence-corrected chi connectivity index (χ0v) is 17.0. The van der Waals surface area contributed by atoms with E-state index < -0.39 is 5.97 Å². The molecule has 0 aliphatic carbocycles. The summed E-state index contributed by atoms with van der Waals surface area (Å²) in [5.41, 5.74) is 2.77. The molecule has 3 aromatic carbocycles. The molecule has 0 aliphatic heterocycles. The van der Waals surface area contributed by atoms with Gasteiger partial charge >= 0.3 is 5.97 Å². The van der Waals surface area contributed by atoms with Crippen LogP contribution in [0.1, 0.15) is 15.9 Å². The standard InChI is InChI=1S/C24H17BClNO3/c1-14-21(20-9-6-18(26)13-22(20)27-14)12-16-11-17(25)5-10-23(16)30-19-7-3-15(4-8-19)24(28)29-2/h3-13,27H,1H2,2H3. The number of fused-ring (bicyclic) bond motifs is 1. The Kier molecular flexibility index (Phi) is 5.38. The molecule has 4 nitrogen and oxygen atoms in total. The van der Waals surface area contributed by atoms with Gasteiger partial charge in [0.1, 0.15) is 19.3 Å². The number of aromatic amines is 1. The fourth-order valence-electron chi connectivity index (χ4n) is 3.24. The first-order valence-corrected chi connectivity index (χ1v) is 9.56. The second-order valence-corrected chi connectivity index (χ2v) is 7.20. The van der Waals surface area contributed by atoms with E-state index >= 15 is 0 Å². The van der Waals surface area contributed by atoms with Gasteiger partial charge in [0, 0.05) is 32.1 Å². The van der Waals surface area contributed by atoms with Gasteiger partial charge in [-0.05, 0) is 48.5 Å². The number of esters is 1. The average Bonchev–Trinajstić information content (AvgIpc) is 3.04. The first-order chi connectivity index (χ1) is 14.4. The molecule has 146 valence electrons. The molecule has 30 heavy (non-hydrogen) atoms. The van der Waals surface area contributed by atoms with Gasteiger partial charge in [0.2, 0.25) is 0 Å². The van der Waals surface area contributed by atoms with Gasteiger partial charge in [0.25, 0.3) is 0 Å². The molecule has 1 N–H and O–H groups in total. The molecule has 0 saturated carbocycles. The monoisotopic (exact) mass is 413 g/mol. The minimum Gasteiger partial charge on any atom is -0.465 e. The van der Waals surface area contributed by atoms with Crippen molar-refractivity contribution in [2.75, 3.05) is 7.11 Å². The summed E-state index contributed by atoms with van der Waals surface area (Å²) in [6.07, 6.45) is 1.98. The molecule has 0 aliphatic rings. The van der Waals surface area contributed by atoms with Crippen LogP contribution in [0.3, 0.4) is 0 Å². The number of halogens is 1. The van der Waals surface area contributed by atoms with Gasteiger partial charge in [-0.15, -0.1) is 0 Å². The molecule has 0 saturated heterocycles. The van der Waals surface area contributed by atoms with E-state index in [0.29, 0.717) is 27.5 Å². The number of carbonyl (C=O) groups is 1. The van der Waals surface area contributed by atoms with E-state index in [4.69, 9.17) is 28.9 Å². The highest BCUT2D eigenvalue weighted by atomic mass is 35.5. The Balaban J connectivity index is 1.77. The summed E-state index contributed by atoms with van der Waals surface area (Å²) >= 11 is 6.10. The summed E-state index contributed by atoms with van der Waals surface area (Å²) in [4.78, 5) is 14.9. The number of carbonyl (C=O) groups excluding carboxylic acids is 1. The Labute approximate surface area is 179 Å². The fraction of sp³-hybridized carbons (Fsp3) is 0.0417. The van der Waals surface area contributed by atoms with Crippen molar-refractivity contribution in [1.82, 2.24) is 4.98 Å². The highest BCUT2D eigenvalue weighted by Crippen LogP contribution is 2.26. The minimum atomic E-state index is -0.398. The quantitative estimate of drug-likeness (QED) is 0.412. The second kappa shape index (κ2) is 8.13. The van der Waals surface area contributed by atoms with Crippen molar-refractivity contribution in [3.05, 3.63) is 87.4 Å². The Morgan fingerprint density at radius 2 is 1.87 bits per heavy atom. The molecule has 0 spiro atoms. The lowest BCUT2D eigenvalue weighted by Gasteiger charge is -2.10. The van der Waals surface area contributed by atoms with E-state index in [0.717, 1.165) is 27.0 Å². The van der Waals surface area contributed by atoms with Crippen LogP contribution >= 0.6 is 11.6 Å². The SMILES string of the molecule is [B]c1ccc(Oc2ccc(C(=O)OC)cc2)c(C=c2c(=C)[nH]c3cc(Cl)ccc23)c1. The third-order valence-electron chi connectivity index (χ3n) is 4.72. The molecule has 4 rings (SSSR count). The van der Waals surface area contributed by atoms with E-state index in [2.05, 4.69) is 11.6 Å². The Hall–Kier alpha value is -3.44. The average molecular weight is 414 g/mol. The van der Waals surface area contributed by atoms with Gasteiger partial charge in [0.15, 0.2) is 0 Å². The van der Waals surface area contributed by atoms with Gasteiger partial charge in [-0.2, -0.15) is 0 Å². The zero-order chi connectivity index (χ0) is 21.3. The fourth-order valence-corrected chi connectivity index (χ4v) is 3.42. The van der Waals surface area contributed by atoms with Gasteiger partial charge in [0.05, 0.1) is 12.7 Å². The molecule has 1 heterocycles. The van der Waals surface area contributed by atoms with Gasteiger partial charge in [-0.1, -0.05) is 41.8 Å². The van der Waals surface area contributed by atoms with Crippen molar-refractivity contribution in [2.24, 2.45) is 0 Å². The maximum atomic E-state index is 11.6. The number of rotatable bonds is 4. The van der Waals surface area contributed by atoms with E-state index in [1.807, 2.05) is 36.4 Å². The van der Waals surface area contributed by atoms with Crippen LogP contribution in [-0.2, 0) is 4.74 Å². The Bertz CT molecular complexity index is 1360. The van der Waals surface area contributed by atoms with Gasteiger partial charge in [-0.3, -0.25) is 0 Å². The molecule has 0 amide bonds. The summed E-state index contributed by atoms with van der Waals surface area (Å²) < 4.78 is 10.8. The van der Waals surface area contributed by atoms with Crippen LogP contribution in [0.15, 0.2) is 60.7 Å². The van der Waals surface area contributed by atoms with E-state index in [-0.39, 0.29) is 0 Å². The molecule has 0 atom stereocenters. The summed E-state index contributed by atoms with van der Waals surface area (Å²) in [6, 6.07) is 17.8. The molecule has 4 aromatic rings. The molecule has 0 fully saturated rings. The lowest BCUT2D eigenvalue weighted by atomic mass is 9.93. The molecule has 0 unspecified atom stereocenters. The number of methoxy groups -OCH3 is 1. The van der Waals surface area contributed by atoms with Crippen LogP contribution in [0.2, 0.25) is 5.02 Å². The van der Waals surface area contributed by atoms with E-state index in [1.165, 1.54) is 7.11 Å². The van der Waals surface area contributed by atoms with E-state index in [9.17, 15) is 4.79 Å². The topological polar surface area (TPSA) is 51.3 Å². The first-order valence-electron chi connectivity index (χ1n) is 9.18.